The highest BCUT2D eigenvalue weighted by Crippen LogP contribution is 2.39. The van der Waals surface area contributed by atoms with E-state index in [1.54, 1.807) is 0 Å². The van der Waals surface area contributed by atoms with E-state index in [0.29, 0.717) is 17.6 Å². The van der Waals surface area contributed by atoms with E-state index in [1.807, 2.05) is 72.8 Å². The summed E-state index contributed by atoms with van der Waals surface area (Å²) in [6, 6.07) is 54.0. The topological polar surface area (TPSA) is 69.9 Å². The fourth-order valence-electron chi connectivity index (χ4n) is 7.50. The first-order valence-electron chi connectivity index (χ1n) is 16.9. The highest BCUT2D eigenvalue weighted by atomic mass is 16.3. The lowest BCUT2D eigenvalue weighted by Gasteiger charge is -2.11. The van der Waals surface area contributed by atoms with Crippen molar-refractivity contribution in [3.05, 3.63) is 158 Å². The van der Waals surface area contributed by atoms with E-state index < -0.39 is 0 Å². The van der Waals surface area contributed by atoms with Gasteiger partial charge in [0.25, 0.3) is 0 Å². The predicted molar refractivity (Wildman–Crippen MR) is 205 cm³/mol. The van der Waals surface area contributed by atoms with E-state index in [4.69, 9.17) is 23.8 Å². The van der Waals surface area contributed by atoms with Gasteiger partial charge in [-0.3, -0.25) is 4.57 Å². The van der Waals surface area contributed by atoms with E-state index in [0.717, 1.165) is 87.9 Å². The molecule has 51 heavy (non-hydrogen) atoms. The van der Waals surface area contributed by atoms with Crippen LogP contribution in [-0.4, -0.2) is 19.5 Å². The SMILES string of the molecule is c1ccc(-c2nc(-c3cccc4c3oc3ccccc34)nc(-n3c4ccccc4c4cc(-c5ccc6oc7ccccc7c6c5)ccc43)n2)cc1. The first-order valence-corrected chi connectivity index (χ1v) is 16.9. The third-order valence-electron chi connectivity index (χ3n) is 9.88. The Labute approximate surface area is 290 Å². The summed E-state index contributed by atoms with van der Waals surface area (Å²) in [5, 5.41) is 6.54. The first kappa shape index (κ1) is 27.9. The zero-order valence-corrected chi connectivity index (χ0v) is 27.1. The van der Waals surface area contributed by atoms with Gasteiger partial charge in [-0.05, 0) is 59.7 Å². The summed E-state index contributed by atoms with van der Waals surface area (Å²) in [4.78, 5) is 15.4. The summed E-state index contributed by atoms with van der Waals surface area (Å²) in [5.74, 6) is 1.68. The molecule has 0 fully saturated rings. The van der Waals surface area contributed by atoms with Gasteiger partial charge in [0.05, 0.1) is 16.6 Å². The average Bonchev–Trinajstić information content (AvgIpc) is 3.87. The summed E-state index contributed by atoms with van der Waals surface area (Å²) in [6.07, 6.45) is 0. The molecule has 0 aliphatic rings. The average molecular weight is 655 g/mol. The Hall–Kier alpha value is -7.05. The minimum Gasteiger partial charge on any atom is -0.456 e. The molecule has 4 heterocycles. The van der Waals surface area contributed by atoms with Crippen molar-refractivity contribution >= 4 is 65.7 Å². The van der Waals surface area contributed by atoms with Gasteiger partial charge in [0.2, 0.25) is 5.95 Å². The molecule has 0 unspecified atom stereocenters. The van der Waals surface area contributed by atoms with Gasteiger partial charge >= 0.3 is 0 Å². The maximum Gasteiger partial charge on any atom is 0.238 e. The molecule has 11 rings (SSSR count). The van der Waals surface area contributed by atoms with Crippen LogP contribution < -0.4 is 0 Å². The molecule has 0 aliphatic carbocycles. The zero-order chi connectivity index (χ0) is 33.5. The lowest BCUT2D eigenvalue weighted by atomic mass is 10.0. The molecule has 0 bridgehead atoms. The number of benzene rings is 7. The summed E-state index contributed by atoms with van der Waals surface area (Å²) in [7, 11) is 0. The van der Waals surface area contributed by atoms with Crippen molar-refractivity contribution in [3.8, 4) is 39.9 Å². The molecule has 0 saturated carbocycles. The van der Waals surface area contributed by atoms with Crippen molar-refractivity contribution in [2.75, 3.05) is 0 Å². The normalized spacial score (nSPS) is 11.9. The molecule has 0 radical (unpaired) electrons. The largest absolute Gasteiger partial charge is 0.456 e. The van der Waals surface area contributed by atoms with Gasteiger partial charge in [0, 0.05) is 37.9 Å². The Morgan fingerprint density at radius 1 is 0.373 bits per heavy atom. The second kappa shape index (κ2) is 10.7. The van der Waals surface area contributed by atoms with Crippen LogP contribution in [0.5, 0.6) is 0 Å². The zero-order valence-electron chi connectivity index (χ0n) is 27.1. The molecule has 0 amide bonds. The molecular weight excluding hydrogens is 629 g/mol. The minimum absolute atomic E-state index is 0.539. The molecule has 0 atom stereocenters. The van der Waals surface area contributed by atoms with Gasteiger partial charge in [-0.2, -0.15) is 9.97 Å². The number of hydrogen-bond acceptors (Lipinski definition) is 5. The lowest BCUT2D eigenvalue weighted by molar-refractivity contribution is 0.668. The van der Waals surface area contributed by atoms with E-state index in [1.165, 1.54) is 0 Å². The molecule has 6 nitrogen and oxygen atoms in total. The van der Waals surface area contributed by atoms with Crippen LogP contribution in [-0.2, 0) is 0 Å². The van der Waals surface area contributed by atoms with Gasteiger partial charge in [0.15, 0.2) is 11.6 Å². The third kappa shape index (κ3) is 4.26. The summed E-state index contributed by atoms with van der Waals surface area (Å²) >= 11 is 0. The lowest BCUT2D eigenvalue weighted by Crippen LogP contribution is -2.06. The van der Waals surface area contributed by atoms with Crippen molar-refractivity contribution < 1.29 is 8.83 Å². The maximum absolute atomic E-state index is 6.44. The van der Waals surface area contributed by atoms with Crippen molar-refractivity contribution in [3.63, 3.8) is 0 Å². The monoisotopic (exact) mass is 654 g/mol. The summed E-state index contributed by atoms with van der Waals surface area (Å²) in [6.45, 7) is 0. The summed E-state index contributed by atoms with van der Waals surface area (Å²) < 4.78 is 14.7. The quantitative estimate of drug-likeness (QED) is 0.189. The Kier molecular flexibility index (Phi) is 5.86. The van der Waals surface area contributed by atoms with Crippen LogP contribution in [0.15, 0.2) is 167 Å². The standard InChI is InChI=1S/C45H26N4O2/c1-2-11-27(12-3-1)43-46-44(34-17-10-16-33-31-14-5-9-20-40(31)51-42(33)34)48-45(47-43)49-37-18-7-4-13-30(37)35-25-28(21-23-38(35)49)29-22-24-41-36(26-29)32-15-6-8-19-39(32)50-41/h1-26H. The maximum atomic E-state index is 6.44. The van der Waals surface area contributed by atoms with Gasteiger partial charge in [-0.15, -0.1) is 0 Å². The van der Waals surface area contributed by atoms with Crippen molar-refractivity contribution in [2.45, 2.75) is 0 Å². The third-order valence-corrected chi connectivity index (χ3v) is 9.88. The van der Waals surface area contributed by atoms with Crippen LogP contribution in [0, 0.1) is 0 Å². The van der Waals surface area contributed by atoms with Crippen LogP contribution in [0.25, 0.3) is 106 Å². The number of furan rings is 2. The smallest absolute Gasteiger partial charge is 0.238 e. The molecule has 4 aromatic heterocycles. The van der Waals surface area contributed by atoms with Gasteiger partial charge in [0.1, 0.15) is 22.3 Å². The number of aromatic nitrogens is 4. The minimum atomic E-state index is 0.539. The van der Waals surface area contributed by atoms with Crippen molar-refractivity contribution in [2.24, 2.45) is 0 Å². The highest BCUT2D eigenvalue weighted by Gasteiger charge is 2.21. The van der Waals surface area contributed by atoms with Crippen LogP contribution in [0.2, 0.25) is 0 Å². The Bertz CT molecular complexity index is 3150. The van der Waals surface area contributed by atoms with E-state index >= 15 is 0 Å². The second-order valence-corrected chi connectivity index (χ2v) is 12.8. The number of rotatable bonds is 4. The number of nitrogens with zero attached hydrogens (tertiary/aromatic N) is 4. The Morgan fingerprint density at radius 2 is 0.980 bits per heavy atom. The molecular formula is C45H26N4O2. The Balaban J connectivity index is 1.14. The molecule has 0 N–H and O–H groups in total. The molecule has 0 saturated heterocycles. The van der Waals surface area contributed by atoms with Gasteiger partial charge < -0.3 is 8.83 Å². The number of fused-ring (bicyclic) bond motifs is 9. The molecule has 6 heteroatoms. The molecule has 0 spiro atoms. The molecule has 0 aliphatic heterocycles. The first-order chi connectivity index (χ1) is 25.3. The van der Waals surface area contributed by atoms with Crippen LogP contribution in [0.1, 0.15) is 0 Å². The van der Waals surface area contributed by atoms with Crippen molar-refractivity contribution in [1.82, 2.24) is 19.5 Å². The molecule has 238 valence electrons. The fourth-order valence-corrected chi connectivity index (χ4v) is 7.50. The predicted octanol–water partition coefficient (Wildman–Crippen LogP) is 11.8. The van der Waals surface area contributed by atoms with Gasteiger partial charge in [-0.25, -0.2) is 4.98 Å². The van der Waals surface area contributed by atoms with Crippen molar-refractivity contribution in [1.29, 1.82) is 0 Å². The number of hydrogen-bond donors (Lipinski definition) is 0. The van der Waals surface area contributed by atoms with E-state index in [9.17, 15) is 0 Å². The van der Waals surface area contributed by atoms with E-state index in [2.05, 4.69) is 89.5 Å². The summed E-state index contributed by atoms with van der Waals surface area (Å²) in [5.41, 5.74) is 9.35. The van der Waals surface area contributed by atoms with Crippen LogP contribution in [0.4, 0.5) is 0 Å². The van der Waals surface area contributed by atoms with Crippen LogP contribution >= 0.6 is 0 Å². The Morgan fingerprint density at radius 3 is 1.82 bits per heavy atom. The highest BCUT2D eigenvalue weighted by molar-refractivity contribution is 6.12. The molecule has 7 aromatic carbocycles. The van der Waals surface area contributed by atoms with Crippen LogP contribution in [0.3, 0.4) is 0 Å². The van der Waals surface area contributed by atoms with E-state index in [-0.39, 0.29) is 0 Å². The fraction of sp³-hybridized carbons (Fsp3) is 0. The number of para-hydroxylation sites is 4. The molecule has 11 aromatic rings. The van der Waals surface area contributed by atoms with Gasteiger partial charge in [-0.1, -0.05) is 109 Å². The second-order valence-electron chi connectivity index (χ2n) is 12.8.